The van der Waals surface area contributed by atoms with Crippen molar-refractivity contribution in [2.75, 3.05) is 0 Å². The van der Waals surface area contributed by atoms with E-state index < -0.39 is 0 Å². The van der Waals surface area contributed by atoms with Gasteiger partial charge in [-0.05, 0) is 58.3 Å². The van der Waals surface area contributed by atoms with Crippen molar-refractivity contribution in [3.63, 3.8) is 0 Å². The quantitative estimate of drug-likeness (QED) is 0.204. The molecule has 2 aromatic carbocycles. The number of carbonyl (C=O) groups excluding carboxylic acids is 1. The van der Waals surface area contributed by atoms with E-state index >= 15 is 0 Å². The van der Waals surface area contributed by atoms with Crippen LogP contribution in [0, 0.1) is 0 Å². The number of hydrogen-bond donors (Lipinski definition) is 0. The maximum absolute atomic E-state index is 13.1. The lowest BCUT2D eigenvalue weighted by Gasteiger charge is -2.12. The van der Waals surface area contributed by atoms with Crippen molar-refractivity contribution < 1.29 is 9.21 Å². The molecule has 0 aliphatic carbocycles. The number of thioether (sulfide) groups is 1. The smallest absolute Gasteiger partial charge is 0.267 e. The molecule has 1 aliphatic heterocycles. The van der Waals surface area contributed by atoms with Crippen molar-refractivity contribution in [1.82, 2.24) is 9.88 Å². The van der Waals surface area contributed by atoms with Crippen molar-refractivity contribution in [2.24, 2.45) is 10.2 Å². The Morgan fingerprint density at radius 2 is 1.74 bits per heavy atom. The molecule has 5 rings (SSSR count). The minimum absolute atomic E-state index is 0.147. The summed E-state index contributed by atoms with van der Waals surface area (Å²) < 4.78 is 5.44. The molecular formula is C27H20N4O2S. The summed E-state index contributed by atoms with van der Waals surface area (Å²) in [6, 6.07) is 25.6. The van der Waals surface area contributed by atoms with Gasteiger partial charge in [0.1, 0.15) is 5.76 Å². The Labute approximate surface area is 201 Å². The first kappa shape index (κ1) is 21.6. The van der Waals surface area contributed by atoms with E-state index in [9.17, 15) is 4.79 Å². The van der Waals surface area contributed by atoms with Crippen molar-refractivity contribution in [3.05, 3.63) is 119 Å². The molecule has 4 aromatic rings. The number of rotatable bonds is 6. The van der Waals surface area contributed by atoms with E-state index in [1.54, 1.807) is 35.8 Å². The molecule has 1 saturated heterocycles. The van der Waals surface area contributed by atoms with Gasteiger partial charge in [0.05, 0.1) is 23.9 Å². The topological polar surface area (TPSA) is 71.1 Å². The van der Waals surface area contributed by atoms with Crippen LogP contribution in [0.4, 0.5) is 0 Å². The van der Waals surface area contributed by atoms with Crippen molar-refractivity contribution in [3.8, 4) is 11.1 Å². The average Bonchev–Trinajstić information content (AvgIpc) is 3.50. The van der Waals surface area contributed by atoms with E-state index in [1.807, 2.05) is 54.6 Å². The Hall–Kier alpha value is -4.23. The Morgan fingerprint density at radius 1 is 0.912 bits per heavy atom. The molecule has 2 aromatic heterocycles. The number of carbonyl (C=O) groups is 1. The third-order valence-electron chi connectivity index (χ3n) is 5.13. The summed E-state index contributed by atoms with van der Waals surface area (Å²) in [5.74, 6) is 0.524. The van der Waals surface area contributed by atoms with E-state index in [0.717, 1.165) is 22.3 Å². The van der Waals surface area contributed by atoms with E-state index in [-0.39, 0.29) is 12.5 Å². The molecule has 3 heterocycles. The molecule has 166 valence electrons. The third-order valence-corrected chi connectivity index (χ3v) is 6.13. The van der Waals surface area contributed by atoms with Gasteiger partial charge in [0.2, 0.25) is 0 Å². The highest BCUT2D eigenvalue weighted by Crippen LogP contribution is 2.33. The highest BCUT2D eigenvalue weighted by Gasteiger charge is 2.34. The second-order valence-corrected chi connectivity index (χ2v) is 8.49. The van der Waals surface area contributed by atoms with Gasteiger partial charge in [-0.1, -0.05) is 60.7 Å². The second kappa shape index (κ2) is 10.1. The molecule has 0 atom stereocenters. The maximum Gasteiger partial charge on any atom is 0.267 e. The number of hydrogen-bond acceptors (Lipinski definition) is 6. The van der Waals surface area contributed by atoms with Crippen LogP contribution in [0.25, 0.3) is 17.2 Å². The predicted octanol–water partition coefficient (Wildman–Crippen LogP) is 5.85. The number of benzene rings is 2. The van der Waals surface area contributed by atoms with Crippen molar-refractivity contribution in [2.45, 2.75) is 6.54 Å². The van der Waals surface area contributed by atoms with Crippen LogP contribution in [-0.4, -0.2) is 27.2 Å². The first-order chi connectivity index (χ1) is 16.8. The van der Waals surface area contributed by atoms with Gasteiger partial charge in [-0.3, -0.25) is 14.7 Å². The second-order valence-electron chi connectivity index (χ2n) is 7.48. The largest absolute Gasteiger partial charge is 0.467 e. The number of furan rings is 1. The molecule has 1 fully saturated rings. The average molecular weight is 465 g/mol. The molecule has 1 amide bonds. The fourth-order valence-electron chi connectivity index (χ4n) is 3.43. The number of amides is 1. The minimum Gasteiger partial charge on any atom is -0.467 e. The summed E-state index contributed by atoms with van der Waals surface area (Å²) in [5, 5.41) is 9.11. The fourth-order valence-corrected chi connectivity index (χ4v) is 4.37. The van der Waals surface area contributed by atoms with Gasteiger partial charge in [-0.25, -0.2) is 0 Å². The normalized spacial score (nSPS) is 16.2. The van der Waals surface area contributed by atoms with Crippen LogP contribution in [-0.2, 0) is 11.3 Å². The fraction of sp³-hybridized carbons (Fsp3) is 0.0370. The number of pyridine rings is 1. The van der Waals surface area contributed by atoms with Crippen LogP contribution in [0.15, 0.2) is 117 Å². The van der Waals surface area contributed by atoms with Gasteiger partial charge in [0.15, 0.2) is 5.17 Å². The van der Waals surface area contributed by atoms with Crippen LogP contribution in [0.2, 0.25) is 0 Å². The van der Waals surface area contributed by atoms with E-state index in [4.69, 9.17) is 4.42 Å². The zero-order valence-electron chi connectivity index (χ0n) is 18.1. The monoisotopic (exact) mass is 464 g/mol. The molecule has 1 aliphatic rings. The van der Waals surface area contributed by atoms with Crippen LogP contribution in [0.3, 0.4) is 0 Å². The standard InChI is InChI=1S/C27H20N4O2S/c32-26-25(16-21-6-4-14-28-17-21)34-27(31(26)19-24-9-5-15-33-24)30-29-18-20-10-12-23(13-11-20)22-7-2-1-3-8-22/h1-18H,19H2/b25-16-,29-18+,30-27+. The summed E-state index contributed by atoms with van der Waals surface area (Å²) in [6.45, 7) is 0.281. The molecule has 34 heavy (non-hydrogen) atoms. The molecule has 0 saturated carbocycles. The molecule has 0 radical (unpaired) electrons. The molecule has 0 unspecified atom stereocenters. The molecule has 6 nitrogen and oxygen atoms in total. The Kier molecular flexibility index (Phi) is 6.45. The lowest BCUT2D eigenvalue weighted by molar-refractivity contribution is -0.122. The van der Waals surface area contributed by atoms with Gasteiger partial charge in [-0.15, -0.1) is 5.10 Å². The molecule has 0 bridgehead atoms. The van der Waals surface area contributed by atoms with Crippen molar-refractivity contribution >= 4 is 35.1 Å². The number of nitrogens with zero attached hydrogens (tertiary/aromatic N) is 4. The SMILES string of the molecule is O=C1/C(=C/c2cccnc2)S/C(=N/N=C/c2ccc(-c3ccccc3)cc2)N1Cc1ccco1. The minimum atomic E-state index is -0.147. The first-order valence-corrected chi connectivity index (χ1v) is 11.5. The number of amidine groups is 1. The highest BCUT2D eigenvalue weighted by molar-refractivity contribution is 8.18. The van der Waals surface area contributed by atoms with Crippen LogP contribution >= 0.6 is 11.8 Å². The van der Waals surface area contributed by atoms with Crippen molar-refractivity contribution in [1.29, 1.82) is 0 Å². The molecule has 0 spiro atoms. The maximum atomic E-state index is 13.1. The van der Waals surface area contributed by atoms with Crippen LogP contribution in [0.5, 0.6) is 0 Å². The summed E-state index contributed by atoms with van der Waals surface area (Å²) in [5.41, 5.74) is 4.06. The first-order valence-electron chi connectivity index (χ1n) is 10.7. The number of aromatic nitrogens is 1. The molecule has 7 heteroatoms. The van der Waals surface area contributed by atoms with Gasteiger partial charge in [0, 0.05) is 12.4 Å². The lowest BCUT2D eigenvalue weighted by Crippen LogP contribution is -2.28. The van der Waals surface area contributed by atoms with Gasteiger partial charge in [0.25, 0.3) is 5.91 Å². The van der Waals surface area contributed by atoms with Gasteiger partial charge < -0.3 is 4.42 Å². The Morgan fingerprint density at radius 3 is 2.47 bits per heavy atom. The predicted molar refractivity (Wildman–Crippen MR) is 136 cm³/mol. The van der Waals surface area contributed by atoms with E-state index in [0.29, 0.717) is 15.8 Å². The summed E-state index contributed by atoms with van der Waals surface area (Å²) >= 11 is 1.28. The highest BCUT2D eigenvalue weighted by atomic mass is 32.2. The van der Waals surface area contributed by atoms with E-state index in [2.05, 4.69) is 39.5 Å². The van der Waals surface area contributed by atoms with E-state index in [1.165, 1.54) is 11.8 Å². The summed E-state index contributed by atoms with van der Waals surface area (Å²) in [7, 11) is 0. The Balaban J connectivity index is 1.37. The third kappa shape index (κ3) is 5.05. The zero-order valence-corrected chi connectivity index (χ0v) is 18.9. The van der Waals surface area contributed by atoms with Crippen LogP contribution in [0.1, 0.15) is 16.9 Å². The van der Waals surface area contributed by atoms with Gasteiger partial charge in [-0.2, -0.15) is 5.10 Å². The lowest BCUT2D eigenvalue weighted by atomic mass is 10.0. The molecular weight excluding hydrogens is 444 g/mol. The molecule has 0 N–H and O–H groups in total. The van der Waals surface area contributed by atoms with Gasteiger partial charge >= 0.3 is 0 Å². The zero-order chi connectivity index (χ0) is 23.2. The van der Waals surface area contributed by atoms with Crippen LogP contribution < -0.4 is 0 Å². The Bertz CT molecular complexity index is 1350. The summed E-state index contributed by atoms with van der Waals surface area (Å²) in [6.07, 6.45) is 8.49. The summed E-state index contributed by atoms with van der Waals surface area (Å²) in [4.78, 5) is 19.3.